The molecule has 7 unspecified atom stereocenters. The summed E-state index contributed by atoms with van der Waals surface area (Å²) in [5.74, 6) is -2.26. The molecule has 11 heteroatoms. The predicted molar refractivity (Wildman–Crippen MR) is 165 cm³/mol. The third kappa shape index (κ3) is 11.4. The van der Waals surface area contributed by atoms with Gasteiger partial charge in [0.25, 0.3) is 0 Å². The maximum atomic E-state index is 13.5. The molecular weight excluding hydrogens is 540 g/mol. The van der Waals surface area contributed by atoms with Crippen LogP contribution in [0.1, 0.15) is 80.6 Å². The van der Waals surface area contributed by atoms with Crippen molar-refractivity contribution in [1.82, 2.24) is 20.0 Å². The lowest BCUT2D eigenvalue weighted by Gasteiger charge is -2.39. The highest BCUT2D eigenvalue weighted by Gasteiger charge is 2.42. The predicted octanol–water partition coefficient (Wildman–Crippen LogP) is 3.11. The number of methoxy groups -OCH3 is 2. The number of carbonyl (C=O) groups excluding carboxylic acids is 3. The summed E-state index contributed by atoms with van der Waals surface area (Å²) in [7, 11) is 8.35. The lowest BCUT2D eigenvalue weighted by Crippen LogP contribution is -2.55. The molecule has 0 aromatic rings. The van der Waals surface area contributed by atoms with Crippen LogP contribution in [0, 0.1) is 17.8 Å². The molecule has 0 spiro atoms. The van der Waals surface area contributed by atoms with Crippen LogP contribution in [-0.2, 0) is 28.7 Å². The number of carbonyl (C=O) groups is 4. The molecule has 1 aliphatic heterocycles. The summed E-state index contributed by atoms with van der Waals surface area (Å²) in [6.07, 6.45) is 2.27. The first kappa shape index (κ1) is 39.8. The van der Waals surface area contributed by atoms with E-state index in [9.17, 15) is 24.3 Å². The highest BCUT2D eigenvalue weighted by molar-refractivity contribution is 5.87. The van der Waals surface area contributed by atoms with E-state index in [2.05, 4.69) is 19.2 Å². The van der Waals surface area contributed by atoms with Crippen molar-refractivity contribution < 1.29 is 33.8 Å². The summed E-state index contributed by atoms with van der Waals surface area (Å²) in [4.78, 5) is 56.3. The van der Waals surface area contributed by atoms with Gasteiger partial charge in [-0.25, -0.2) is 0 Å². The summed E-state index contributed by atoms with van der Waals surface area (Å²) in [5.41, 5.74) is 0. The van der Waals surface area contributed by atoms with Crippen molar-refractivity contribution in [3.05, 3.63) is 0 Å². The monoisotopic (exact) mass is 600 g/mol. The minimum atomic E-state index is -0.967. The second-order valence-corrected chi connectivity index (χ2v) is 12.1. The van der Waals surface area contributed by atoms with Crippen molar-refractivity contribution in [1.29, 1.82) is 0 Å². The third-order valence-corrected chi connectivity index (χ3v) is 8.15. The number of amides is 3. The topological polar surface area (TPSA) is 129 Å². The Morgan fingerprint density at radius 1 is 1.00 bits per heavy atom. The summed E-state index contributed by atoms with van der Waals surface area (Å²) >= 11 is 0. The summed E-state index contributed by atoms with van der Waals surface area (Å²) in [6, 6.07) is -1.10. The van der Waals surface area contributed by atoms with E-state index in [1.807, 2.05) is 46.7 Å². The Kier molecular flexibility index (Phi) is 18.8. The number of likely N-dealkylation sites (tertiary alicyclic amines) is 1. The van der Waals surface area contributed by atoms with Gasteiger partial charge in [-0.2, -0.15) is 0 Å². The van der Waals surface area contributed by atoms with Crippen LogP contribution in [0.4, 0.5) is 0 Å². The number of hydrogen-bond donors (Lipinski definition) is 2. The van der Waals surface area contributed by atoms with E-state index in [0.717, 1.165) is 12.8 Å². The Labute approximate surface area is 254 Å². The molecule has 1 saturated heterocycles. The fourth-order valence-electron chi connectivity index (χ4n) is 5.84. The second-order valence-electron chi connectivity index (χ2n) is 12.1. The number of rotatable bonds is 16. The summed E-state index contributed by atoms with van der Waals surface area (Å²) in [6.45, 7) is 14.2. The molecule has 2 N–H and O–H groups in total. The van der Waals surface area contributed by atoms with E-state index >= 15 is 0 Å². The van der Waals surface area contributed by atoms with E-state index in [1.165, 1.54) is 20.6 Å². The molecule has 1 heterocycles. The van der Waals surface area contributed by atoms with Gasteiger partial charge in [0.2, 0.25) is 17.7 Å². The molecule has 42 heavy (non-hydrogen) atoms. The molecule has 1 rings (SSSR count). The van der Waals surface area contributed by atoms with Crippen LogP contribution in [0.3, 0.4) is 0 Å². The van der Waals surface area contributed by atoms with Crippen LogP contribution in [-0.4, -0.2) is 122 Å². The van der Waals surface area contributed by atoms with Crippen molar-refractivity contribution in [2.45, 2.75) is 111 Å². The highest BCUT2D eigenvalue weighted by Crippen LogP contribution is 2.29. The molecule has 1 fully saturated rings. The fraction of sp³-hybridized carbons (Fsp3) is 0.871. The molecule has 0 aromatic heterocycles. The van der Waals surface area contributed by atoms with Crippen LogP contribution < -0.4 is 5.32 Å². The maximum absolute atomic E-state index is 13.5. The van der Waals surface area contributed by atoms with Gasteiger partial charge in [0, 0.05) is 27.8 Å². The number of ether oxygens (including phenoxy) is 2. The Bertz CT molecular complexity index is 830. The zero-order valence-corrected chi connectivity index (χ0v) is 28.3. The van der Waals surface area contributed by atoms with Crippen LogP contribution in [0.2, 0.25) is 0 Å². The van der Waals surface area contributed by atoms with Gasteiger partial charge < -0.3 is 29.7 Å². The zero-order chi connectivity index (χ0) is 32.7. The van der Waals surface area contributed by atoms with E-state index in [1.54, 1.807) is 23.8 Å². The van der Waals surface area contributed by atoms with Gasteiger partial charge >= 0.3 is 5.97 Å². The van der Waals surface area contributed by atoms with Crippen molar-refractivity contribution in [2.24, 2.45) is 17.8 Å². The van der Waals surface area contributed by atoms with Gasteiger partial charge in [-0.1, -0.05) is 54.4 Å². The van der Waals surface area contributed by atoms with Crippen molar-refractivity contribution >= 4 is 23.7 Å². The molecule has 0 saturated carbocycles. The molecule has 3 amide bonds. The number of carboxylic acids is 1. The third-order valence-electron chi connectivity index (χ3n) is 8.15. The Hall–Kier alpha value is -2.24. The Morgan fingerprint density at radius 2 is 1.57 bits per heavy atom. The van der Waals surface area contributed by atoms with E-state index in [0.29, 0.717) is 13.0 Å². The molecule has 1 aliphatic rings. The second kappa shape index (κ2) is 19.9. The highest BCUT2D eigenvalue weighted by atomic mass is 16.5. The normalized spacial score (nSPS) is 19.3. The Morgan fingerprint density at radius 3 is 2.00 bits per heavy atom. The van der Waals surface area contributed by atoms with Gasteiger partial charge in [-0.3, -0.25) is 24.1 Å². The first-order valence-corrected chi connectivity index (χ1v) is 15.4. The molecule has 0 radical (unpaired) electrons. The van der Waals surface area contributed by atoms with Crippen molar-refractivity contribution in [2.75, 3.05) is 48.5 Å². The van der Waals surface area contributed by atoms with Gasteiger partial charge in [-0.15, -0.1) is 0 Å². The lowest BCUT2D eigenvalue weighted by atomic mass is 9.90. The molecule has 7 atom stereocenters. The zero-order valence-electron chi connectivity index (χ0n) is 28.3. The number of likely N-dealkylation sites (N-methyl/N-ethyl adjacent to an activating group) is 2. The fourth-order valence-corrected chi connectivity index (χ4v) is 5.84. The molecule has 0 bridgehead atoms. The van der Waals surface area contributed by atoms with Gasteiger partial charge in [-0.05, 0) is 45.7 Å². The number of nitrogens with one attached hydrogen (secondary N) is 1. The van der Waals surface area contributed by atoms with Crippen LogP contribution in [0.15, 0.2) is 0 Å². The quantitative estimate of drug-likeness (QED) is 0.277. The average Bonchev–Trinajstić information content (AvgIpc) is 3.40. The molecule has 246 valence electrons. The maximum Gasteiger partial charge on any atom is 0.308 e. The standard InChI is InChI=1S/C28H52N4O7.C3H8/c1-11-18(4)25(31(8)23(34)16-29-27(35)24(17(2)3)30(6)7)21(38-9)15-22(33)32-14-12-13-20(32)26(39-10)19(5)28(36)37;1-3-2/h17-21,24-26H,11-16H2,1-10H3,(H,29,35)(H,36,37);3H2,1-2H3. The minimum Gasteiger partial charge on any atom is -0.481 e. The number of hydrogen-bond acceptors (Lipinski definition) is 7. The summed E-state index contributed by atoms with van der Waals surface area (Å²) in [5, 5.41) is 12.3. The smallest absolute Gasteiger partial charge is 0.308 e. The van der Waals surface area contributed by atoms with Gasteiger partial charge in [0.15, 0.2) is 0 Å². The van der Waals surface area contributed by atoms with Crippen LogP contribution in [0.5, 0.6) is 0 Å². The number of nitrogens with zero attached hydrogens (tertiary/aromatic N) is 3. The van der Waals surface area contributed by atoms with Crippen molar-refractivity contribution in [3.8, 4) is 0 Å². The van der Waals surface area contributed by atoms with Crippen LogP contribution >= 0.6 is 0 Å². The molecule has 0 aromatic carbocycles. The average molecular weight is 601 g/mol. The number of carboxylic acid groups (broad SMARTS) is 1. The van der Waals surface area contributed by atoms with E-state index < -0.39 is 30.1 Å². The van der Waals surface area contributed by atoms with Gasteiger partial charge in [0.1, 0.15) is 0 Å². The SMILES string of the molecule is CCC.CCC(C)C(C(CC(=O)N1CCCC1C(OC)C(C)C(=O)O)OC)N(C)C(=O)CNC(=O)C(C(C)C)N(C)C. The van der Waals surface area contributed by atoms with E-state index in [4.69, 9.17) is 9.47 Å². The molecular formula is C31H60N4O7. The first-order chi connectivity index (χ1) is 19.6. The first-order valence-electron chi connectivity index (χ1n) is 15.4. The number of aliphatic carboxylic acids is 1. The molecule has 11 nitrogen and oxygen atoms in total. The Balaban J connectivity index is 0.00000535. The van der Waals surface area contributed by atoms with Crippen LogP contribution in [0.25, 0.3) is 0 Å². The largest absolute Gasteiger partial charge is 0.481 e. The minimum absolute atomic E-state index is 0.0192. The summed E-state index contributed by atoms with van der Waals surface area (Å²) < 4.78 is 11.3. The molecule has 0 aliphatic carbocycles. The van der Waals surface area contributed by atoms with Gasteiger partial charge in [0.05, 0.1) is 49.2 Å². The van der Waals surface area contributed by atoms with Crippen molar-refractivity contribution in [3.63, 3.8) is 0 Å². The lowest BCUT2D eigenvalue weighted by molar-refractivity contribution is -0.151. The van der Waals surface area contributed by atoms with E-state index in [-0.39, 0.29) is 54.6 Å².